The van der Waals surface area contributed by atoms with E-state index >= 15 is 0 Å². The Morgan fingerprint density at radius 1 is 0.896 bits per heavy atom. The lowest BCUT2D eigenvalue weighted by Crippen LogP contribution is -2.46. The monoisotopic (exact) mass is 1030 g/mol. The van der Waals surface area contributed by atoms with Gasteiger partial charge in [0, 0.05) is 37.1 Å². The molecule has 2 aromatic rings. The number of ketones is 1. The van der Waals surface area contributed by atoms with Crippen molar-refractivity contribution in [3.8, 4) is 0 Å². The molecule has 0 aliphatic carbocycles. The first-order valence-corrected chi connectivity index (χ1v) is 27.4. The molecule has 0 radical (unpaired) electrons. The molecule has 7 atom stereocenters. The number of aliphatic hydroxyl groups is 2. The van der Waals surface area contributed by atoms with Crippen LogP contribution in [0.5, 0.6) is 0 Å². The molecule has 67 heavy (non-hydrogen) atoms. The summed E-state index contributed by atoms with van der Waals surface area (Å²) in [5, 5.41) is 26.2. The number of carbonyl (C=O) groups is 4. The molecule has 0 aromatic carbocycles. The first-order valence-electron chi connectivity index (χ1n) is 21.9. The van der Waals surface area contributed by atoms with Gasteiger partial charge in [-0.25, -0.2) is 28.6 Å². The summed E-state index contributed by atoms with van der Waals surface area (Å²) < 4.78 is 62.4. The van der Waals surface area contributed by atoms with Crippen LogP contribution in [0, 0.1) is 11.3 Å². The number of aliphatic hydroxyl groups excluding tert-OH is 2. The number of nitrogens with zero attached hydrogens (tertiary/aromatic N) is 4. The molecule has 29 heteroatoms. The molecule has 1 saturated heterocycles. The number of aromatic nitrogens is 4. The SMILES string of the molecule is CC(C)CCCCCCCCCCCC(=O)CC(=O)SCCNC(=O)CCNC(=O)[C@H](O)C(C)(C)COP(=O)(O)OP(=O)(O)OC[C@H]1O[C@@H](n2cnc3c(N)ncnc32)[C@H](O)[C@@H]1OP(=O)(O)O. The fraction of sp³-hybridized carbons (Fsp3) is 0.763. The van der Waals surface area contributed by atoms with E-state index in [0.29, 0.717) is 6.42 Å². The van der Waals surface area contributed by atoms with Gasteiger partial charge in [0.15, 0.2) is 22.8 Å². The van der Waals surface area contributed by atoms with Gasteiger partial charge in [0.25, 0.3) is 0 Å². The average Bonchev–Trinajstić information content (AvgIpc) is 3.79. The molecule has 2 aromatic heterocycles. The molecule has 1 fully saturated rings. The lowest BCUT2D eigenvalue weighted by molar-refractivity contribution is -0.137. The number of nitrogens with one attached hydrogen (secondary N) is 2. The Bertz CT molecular complexity index is 2080. The molecule has 1 aliphatic rings. The third-order valence-electron chi connectivity index (χ3n) is 10.3. The van der Waals surface area contributed by atoms with Crippen molar-refractivity contribution in [2.75, 3.05) is 37.8 Å². The highest BCUT2D eigenvalue weighted by atomic mass is 32.2. The number of hydrogen-bond acceptors (Lipinski definition) is 19. The zero-order chi connectivity index (χ0) is 50.0. The average molecular weight is 1030 g/mol. The van der Waals surface area contributed by atoms with Gasteiger partial charge in [-0.05, 0) is 12.3 Å². The number of nitrogen functional groups attached to an aromatic ring is 1. The summed E-state index contributed by atoms with van der Waals surface area (Å²) in [6, 6.07) is 0. The normalized spacial score (nSPS) is 20.1. The smallest absolute Gasteiger partial charge is 0.386 e. The van der Waals surface area contributed by atoms with Gasteiger partial charge < -0.3 is 50.9 Å². The van der Waals surface area contributed by atoms with Crippen LogP contribution in [-0.2, 0) is 55.5 Å². The summed E-state index contributed by atoms with van der Waals surface area (Å²) in [7, 11) is -16.4. The second kappa shape index (κ2) is 27.6. The zero-order valence-corrected chi connectivity index (χ0v) is 41.5. The van der Waals surface area contributed by atoms with Crippen molar-refractivity contribution < 1.29 is 85.3 Å². The number of Topliss-reactive ketones (excluding diaryl/α,β-unsaturated/α-hetero) is 1. The van der Waals surface area contributed by atoms with Crippen LogP contribution in [0.15, 0.2) is 12.7 Å². The molecule has 2 amide bonds. The molecule has 0 bridgehead atoms. The Morgan fingerprint density at radius 3 is 2.16 bits per heavy atom. The Hall–Kier alpha value is -2.77. The van der Waals surface area contributed by atoms with Crippen LogP contribution in [0.4, 0.5) is 5.82 Å². The zero-order valence-electron chi connectivity index (χ0n) is 38.0. The van der Waals surface area contributed by atoms with Gasteiger partial charge >= 0.3 is 23.5 Å². The number of imidazole rings is 1. The predicted molar refractivity (Wildman–Crippen MR) is 242 cm³/mol. The van der Waals surface area contributed by atoms with E-state index in [1.165, 1.54) is 52.4 Å². The minimum absolute atomic E-state index is 0.0261. The van der Waals surface area contributed by atoms with Gasteiger partial charge in [0.05, 0.1) is 26.0 Å². The minimum Gasteiger partial charge on any atom is -0.386 e. The lowest BCUT2D eigenvalue weighted by Gasteiger charge is -2.30. The van der Waals surface area contributed by atoms with Crippen molar-refractivity contribution in [3.05, 3.63) is 12.7 Å². The number of anilines is 1. The number of thioether (sulfide) groups is 1. The quantitative estimate of drug-likeness (QED) is 0.0280. The largest absolute Gasteiger partial charge is 0.481 e. The van der Waals surface area contributed by atoms with E-state index in [1.54, 1.807) is 0 Å². The predicted octanol–water partition coefficient (Wildman–Crippen LogP) is 3.57. The first kappa shape index (κ1) is 58.5. The molecule has 3 heterocycles. The van der Waals surface area contributed by atoms with E-state index in [-0.39, 0.29) is 59.6 Å². The highest BCUT2D eigenvalue weighted by molar-refractivity contribution is 8.13. The minimum atomic E-state index is -5.59. The summed E-state index contributed by atoms with van der Waals surface area (Å²) in [4.78, 5) is 100. The number of unbranched alkanes of at least 4 members (excludes halogenated alkanes) is 8. The number of phosphoric ester groups is 3. The number of nitrogens with two attached hydrogens (primary N) is 1. The third-order valence-corrected chi connectivity index (χ3v) is 14.3. The van der Waals surface area contributed by atoms with Crippen molar-refractivity contribution in [3.63, 3.8) is 0 Å². The van der Waals surface area contributed by atoms with Crippen molar-refractivity contribution in [2.24, 2.45) is 11.3 Å². The van der Waals surface area contributed by atoms with E-state index in [4.69, 9.17) is 19.5 Å². The van der Waals surface area contributed by atoms with E-state index in [0.717, 1.165) is 60.6 Å². The second-order valence-corrected chi connectivity index (χ2v) is 22.5. The molecule has 2 unspecified atom stereocenters. The van der Waals surface area contributed by atoms with E-state index in [9.17, 15) is 62.7 Å². The number of phosphoric acid groups is 3. The molecular weight excluding hydrogens is 967 g/mol. The van der Waals surface area contributed by atoms with E-state index < -0.39 is 84.6 Å². The Kier molecular flexibility index (Phi) is 24.1. The summed E-state index contributed by atoms with van der Waals surface area (Å²) in [6.07, 6.45) is 4.69. The number of carbonyl (C=O) groups excluding carboxylic acids is 4. The number of fused-ring (bicyclic) bond motifs is 1. The molecular formula is C38H66N7O18P3S. The maximum atomic E-state index is 12.7. The number of ether oxygens (including phenoxy) is 1. The topological polar surface area (TPSA) is 381 Å². The molecule has 0 saturated carbocycles. The van der Waals surface area contributed by atoms with Crippen LogP contribution in [0.1, 0.15) is 117 Å². The third kappa shape index (κ3) is 21.4. The second-order valence-electron chi connectivity index (χ2n) is 17.1. The lowest BCUT2D eigenvalue weighted by atomic mass is 9.87. The van der Waals surface area contributed by atoms with Crippen molar-refractivity contribution in [2.45, 2.75) is 142 Å². The first-order chi connectivity index (χ1) is 31.3. The standard InChI is InChI=1S/C38H66N7O18P3S/c1-25(2)14-12-10-8-6-5-7-9-11-13-15-26(46)20-29(48)67-19-18-40-28(47)16-17-41-36(51)33(50)38(3,4)22-60-66(57,58)63-65(55,56)59-21-27-32(62-64(52,53)54)31(49)37(61-27)45-24-44-30-34(39)42-23-43-35(30)45/h23-25,27,31-33,37,49-50H,5-22H2,1-4H3,(H,40,47)(H,41,51)(H,55,56)(H,57,58)(H2,39,42,43)(H2,52,53,54)/t27-,31-,32-,33+,37-/m1/s1. The van der Waals surface area contributed by atoms with Crippen LogP contribution in [0.25, 0.3) is 11.2 Å². The summed E-state index contributed by atoms with van der Waals surface area (Å²) in [5.74, 6) is -0.637. The van der Waals surface area contributed by atoms with Crippen molar-refractivity contribution >= 4 is 74.9 Å². The highest BCUT2D eigenvalue weighted by Crippen LogP contribution is 2.61. The highest BCUT2D eigenvalue weighted by Gasteiger charge is 2.50. The van der Waals surface area contributed by atoms with Crippen LogP contribution in [0.2, 0.25) is 0 Å². The van der Waals surface area contributed by atoms with Crippen molar-refractivity contribution in [1.82, 2.24) is 30.2 Å². The van der Waals surface area contributed by atoms with Gasteiger partial charge in [-0.15, -0.1) is 0 Å². The van der Waals surface area contributed by atoms with Crippen molar-refractivity contribution in [1.29, 1.82) is 0 Å². The van der Waals surface area contributed by atoms with E-state index in [2.05, 4.69) is 48.3 Å². The van der Waals surface area contributed by atoms with Gasteiger partial charge in [-0.3, -0.25) is 37.3 Å². The maximum Gasteiger partial charge on any atom is 0.481 e. The fourth-order valence-electron chi connectivity index (χ4n) is 6.71. The van der Waals surface area contributed by atoms with Crippen LogP contribution in [0.3, 0.4) is 0 Å². The van der Waals surface area contributed by atoms with Gasteiger partial charge in [0.2, 0.25) is 11.8 Å². The maximum absolute atomic E-state index is 12.7. The molecule has 3 rings (SSSR count). The molecule has 0 spiro atoms. The van der Waals surface area contributed by atoms with Crippen LogP contribution in [-0.4, -0.2) is 128 Å². The van der Waals surface area contributed by atoms with Crippen LogP contribution < -0.4 is 16.4 Å². The van der Waals surface area contributed by atoms with Gasteiger partial charge in [-0.1, -0.05) is 97.2 Å². The number of amides is 2. The molecule has 1 aliphatic heterocycles. The number of hydrogen-bond donors (Lipinski definition) is 9. The number of rotatable bonds is 33. The van der Waals surface area contributed by atoms with Gasteiger partial charge in [-0.2, -0.15) is 4.31 Å². The van der Waals surface area contributed by atoms with Gasteiger partial charge in [0.1, 0.15) is 42.0 Å². The summed E-state index contributed by atoms with van der Waals surface area (Å²) >= 11 is 0.937. The fourth-order valence-corrected chi connectivity index (χ4v) is 10.2. The van der Waals surface area contributed by atoms with Crippen LogP contribution >= 0.6 is 35.2 Å². The Labute approximate surface area is 392 Å². The summed E-state index contributed by atoms with van der Waals surface area (Å²) in [5.41, 5.74) is 4.24. The summed E-state index contributed by atoms with van der Waals surface area (Å²) in [6.45, 7) is 4.83. The molecule has 10 N–H and O–H groups in total. The Morgan fingerprint density at radius 2 is 1.52 bits per heavy atom. The molecule has 382 valence electrons. The Balaban J connectivity index is 1.32. The molecule has 25 nitrogen and oxygen atoms in total. The van der Waals surface area contributed by atoms with E-state index in [1.807, 2.05) is 0 Å².